The first-order valence-electron chi connectivity index (χ1n) is 3.91. The highest BCUT2D eigenvalue weighted by molar-refractivity contribution is 9.13. The van der Waals surface area contributed by atoms with Crippen molar-refractivity contribution in [1.29, 1.82) is 0 Å². The molecular formula is C9H11Br2NO. The average Bonchev–Trinajstić information content (AvgIpc) is 2.08. The molecule has 0 radical (unpaired) electrons. The molecule has 3 N–H and O–H groups in total. The van der Waals surface area contributed by atoms with Crippen molar-refractivity contribution >= 4 is 31.9 Å². The highest BCUT2D eigenvalue weighted by atomic mass is 79.9. The first kappa shape index (κ1) is 11.2. The number of hydrogen-bond donors (Lipinski definition) is 2. The van der Waals surface area contributed by atoms with Crippen LogP contribution in [0.2, 0.25) is 0 Å². The Kier molecular flexibility index (Phi) is 3.91. The normalized spacial score (nSPS) is 15.5. The van der Waals surface area contributed by atoms with E-state index in [1.807, 2.05) is 18.2 Å². The lowest BCUT2D eigenvalue weighted by molar-refractivity contribution is 0.164. The van der Waals surface area contributed by atoms with E-state index in [2.05, 4.69) is 31.9 Å². The summed E-state index contributed by atoms with van der Waals surface area (Å²) in [6.45, 7) is 1.68. The van der Waals surface area contributed by atoms with Gasteiger partial charge in [-0.1, -0.05) is 6.07 Å². The maximum Gasteiger partial charge on any atom is 0.0704 e. The molecule has 0 aliphatic rings. The van der Waals surface area contributed by atoms with E-state index in [-0.39, 0.29) is 6.04 Å². The Labute approximate surface area is 94.4 Å². The van der Waals surface area contributed by atoms with Crippen LogP contribution >= 0.6 is 31.9 Å². The second kappa shape index (κ2) is 4.55. The number of hydrogen-bond acceptors (Lipinski definition) is 2. The van der Waals surface area contributed by atoms with Gasteiger partial charge < -0.3 is 10.8 Å². The monoisotopic (exact) mass is 307 g/mol. The molecule has 0 saturated heterocycles. The highest BCUT2D eigenvalue weighted by Gasteiger charge is 2.12. The summed E-state index contributed by atoms with van der Waals surface area (Å²) in [4.78, 5) is 0. The Morgan fingerprint density at radius 1 is 1.31 bits per heavy atom. The van der Waals surface area contributed by atoms with E-state index in [4.69, 9.17) is 5.73 Å². The van der Waals surface area contributed by atoms with E-state index in [0.29, 0.717) is 0 Å². The third-order valence-electron chi connectivity index (χ3n) is 1.85. The van der Waals surface area contributed by atoms with Crippen molar-refractivity contribution in [3.8, 4) is 0 Å². The largest absolute Gasteiger partial charge is 0.391 e. The third kappa shape index (κ3) is 2.77. The fourth-order valence-corrected chi connectivity index (χ4v) is 1.64. The van der Waals surface area contributed by atoms with E-state index in [9.17, 15) is 5.11 Å². The lowest BCUT2D eigenvalue weighted by Crippen LogP contribution is -2.23. The molecule has 13 heavy (non-hydrogen) atoms. The van der Waals surface area contributed by atoms with Gasteiger partial charge >= 0.3 is 0 Å². The Balaban J connectivity index is 2.97. The molecule has 0 amide bonds. The van der Waals surface area contributed by atoms with E-state index >= 15 is 0 Å². The van der Waals surface area contributed by atoms with Crippen molar-refractivity contribution in [2.24, 2.45) is 5.73 Å². The van der Waals surface area contributed by atoms with Crippen LogP contribution in [-0.2, 0) is 0 Å². The summed E-state index contributed by atoms with van der Waals surface area (Å²) in [6, 6.07) is 5.37. The van der Waals surface area contributed by atoms with Crippen LogP contribution in [0.25, 0.3) is 0 Å². The summed E-state index contributed by atoms with van der Waals surface area (Å²) in [5, 5.41) is 9.28. The van der Waals surface area contributed by atoms with Crippen LogP contribution in [0.1, 0.15) is 18.5 Å². The van der Waals surface area contributed by atoms with Gasteiger partial charge in [0.1, 0.15) is 0 Å². The number of aliphatic hydroxyl groups is 1. The van der Waals surface area contributed by atoms with E-state index < -0.39 is 6.10 Å². The molecule has 2 nitrogen and oxygen atoms in total. The third-order valence-corrected chi connectivity index (χ3v) is 3.73. The molecule has 1 aromatic carbocycles. The van der Waals surface area contributed by atoms with Gasteiger partial charge in [0.15, 0.2) is 0 Å². The molecule has 72 valence electrons. The molecule has 0 aliphatic heterocycles. The van der Waals surface area contributed by atoms with Crippen LogP contribution in [-0.4, -0.2) is 11.2 Å². The molecule has 0 heterocycles. The molecule has 0 fully saturated rings. The Morgan fingerprint density at radius 3 is 2.38 bits per heavy atom. The molecule has 0 spiro atoms. The lowest BCUT2D eigenvalue weighted by Gasteiger charge is -2.15. The maximum absolute atomic E-state index is 9.28. The van der Waals surface area contributed by atoms with Crippen LogP contribution in [0.15, 0.2) is 27.1 Å². The van der Waals surface area contributed by atoms with Crippen molar-refractivity contribution in [1.82, 2.24) is 0 Å². The summed E-state index contributed by atoms with van der Waals surface area (Å²) >= 11 is 6.74. The summed E-state index contributed by atoms with van der Waals surface area (Å²) < 4.78 is 1.93. The molecule has 0 saturated carbocycles. The second-order valence-electron chi connectivity index (χ2n) is 2.94. The summed E-state index contributed by atoms with van der Waals surface area (Å²) in [5.41, 5.74) is 6.69. The Hall–Kier alpha value is 0.1000. The van der Waals surface area contributed by atoms with Gasteiger partial charge in [-0.3, -0.25) is 0 Å². The van der Waals surface area contributed by atoms with Crippen molar-refractivity contribution in [2.45, 2.75) is 19.1 Å². The van der Waals surface area contributed by atoms with Crippen molar-refractivity contribution in [2.75, 3.05) is 0 Å². The average molecular weight is 309 g/mol. The SMILES string of the molecule is C[C@@H](O)[C@H](N)c1ccc(Br)c(Br)c1. The molecule has 1 rings (SSSR count). The topological polar surface area (TPSA) is 46.2 Å². The van der Waals surface area contributed by atoms with Crippen LogP contribution in [0.5, 0.6) is 0 Å². The summed E-state index contributed by atoms with van der Waals surface area (Å²) in [7, 11) is 0. The molecule has 0 aromatic heterocycles. The minimum atomic E-state index is -0.534. The molecule has 0 aliphatic carbocycles. The molecule has 4 heteroatoms. The van der Waals surface area contributed by atoms with Crippen molar-refractivity contribution < 1.29 is 5.11 Å². The van der Waals surface area contributed by atoms with Gasteiger partial charge in [-0.2, -0.15) is 0 Å². The van der Waals surface area contributed by atoms with Gasteiger partial charge in [0.2, 0.25) is 0 Å². The van der Waals surface area contributed by atoms with Crippen LogP contribution < -0.4 is 5.73 Å². The molecule has 0 unspecified atom stereocenters. The predicted octanol–water partition coefficient (Wildman–Crippen LogP) is 2.59. The minimum Gasteiger partial charge on any atom is -0.391 e. The zero-order chi connectivity index (χ0) is 10.0. The number of benzene rings is 1. The number of nitrogens with two attached hydrogens (primary N) is 1. The van der Waals surface area contributed by atoms with Crippen molar-refractivity contribution in [3.05, 3.63) is 32.7 Å². The van der Waals surface area contributed by atoms with Gasteiger partial charge in [-0.15, -0.1) is 0 Å². The standard InChI is InChI=1S/C9H11Br2NO/c1-5(13)9(12)6-2-3-7(10)8(11)4-6/h2-5,9,13H,12H2,1H3/t5-,9+/m1/s1. The number of halogens is 2. The van der Waals surface area contributed by atoms with Gasteiger partial charge in [0.05, 0.1) is 12.1 Å². The van der Waals surface area contributed by atoms with Gasteiger partial charge in [-0.05, 0) is 56.5 Å². The molecule has 1 aromatic rings. The van der Waals surface area contributed by atoms with E-state index in [1.165, 1.54) is 0 Å². The Morgan fingerprint density at radius 2 is 1.92 bits per heavy atom. The number of aliphatic hydroxyl groups excluding tert-OH is 1. The first-order chi connectivity index (χ1) is 6.02. The lowest BCUT2D eigenvalue weighted by atomic mass is 10.0. The molecule has 0 bridgehead atoms. The zero-order valence-electron chi connectivity index (χ0n) is 7.17. The fourth-order valence-electron chi connectivity index (χ4n) is 0.998. The minimum absolute atomic E-state index is 0.329. The highest BCUT2D eigenvalue weighted by Crippen LogP contribution is 2.26. The fraction of sp³-hybridized carbons (Fsp3) is 0.333. The molecular weight excluding hydrogens is 298 g/mol. The van der Waals surface area contributed by atoms with Crippen LogP contribution in [0, 0.1) is 0 Å². The van der Waals surface area contributed by atoms with Gasteiger partial charge in [0.25, 0.3) is 0 Å². The van der Waals surface area contributed by atoms with E-state index in [1.54, 1.807) is 6.92 Å². The second-order valence-corrected chi connectivity index (χ2v) is 4.65. The van der Waals surface area contributed by atoms with E-state index in [0.717, 1.165) is 14.5 Å². The van der Waals surface area contributed by atoms with Gasteiger partial charge in [-0.25, -0.2) is 0 Å². The van der Waals surface area contributed by atoms with Crippen LogP contribution in [0.3, 0.4) is 0 Å². The smallest absolute Gasteiger partial charge is 0.0704 e. The Bertz CT molecular complexity index is 302. The quantitative estimate of drug-likeness (QED) is 0.882. The number of rotatable bonds is 2. The van der Waals surface area contributed by atoms with Crippen LogP contribution in [0.4, 0.5) is 0 Å². The maximum atomic E-state index is 9.28. The zero-order valence-corrected chi connectivity index (χ0v) is 10.3. The summed E-state index contributed by atoms with van der Waals surface area (Å²) in [5.74, 6) is 0. The van der Waals surface area contributed by atoms with Gasteiger partial charge in [0, 0.05) is 8.95 Å². The predicted molar refractivity (Wildman–Crippen MR) is 60.5 cm³/mol. The summed E-state index contributed by atoms with van der Waals surface area (Å²) in [6.07, 6.45) is -0.534. The van der Waals surface area contributed by atoms with Crippen molar-refractivity contribution in [3.63, 3.8) is 0 Å². The first-order valence-corrected chi connectivity index (χ1v) is 5.49. The molecule has 2 atom stereocenters.